The molecule has 0 aromatic carbocycles. The molecule has 0 saturated carbocycles. The highest BCUT2D eigenvalue weighted by Crippen LogP contribution is 2.29. The van der Waals surface area contributed by atoms with E-state index >= 15 is 0 Å². The van der Waals surface area contributed by atoms with Crippen LogP contribution in [0.1, 0.15) is 48.5 Å². The van der Waals surface area contributed by atoms with Crippen LogP contribution in [0.5, 0.6) is 0 Å². The Labute approximate surface area is 98.2 Å². The van der Waals surface area contributed by atoms with Crippen molar-refractivity contribution < 1.29 is 20.1 Å². The van der Waals surface area contributed by atoms with E-state index in [4.69, 9.17) is 4.74 Å². The molecule has 4 heteroatoms. The summed E-state index contributed by atoms with van der Waals surface area (Å²) in [4.78, 5) is 0. The van der Waals surface area contributed by atoms with Crippen molar-refractivity contribution in [1.82, 2.24) is 0 Å². The van der Waals surface area contributed by atoms with Crippen molar-refractivity contribution >= 4 is 0 Å². The minimum atomic E-state index is -1.37. The third-order valence-electron chi connectivity index (χ3n) is 3.51. The zero-order chi connectivity index (χ0) is 13.4. The first kappa shape index (κ1) is 15.8. The van der Waals surface area contributed by atoms with E-state index in [0.717, 1.165) is 0 Å². The molecule has 4 nitrogen and oxygen atoms in total. The van der Waals surface area contributed by atoms with E-state index in [-0.39, 0.29) is 6.61 Å². The largest absolute Gasteiger partial charge is 0.387 e. The lowest BCUT2D eigenvalue weighted by Crippen LogP contribution is -2.55. The Hall–Kier alpha value is -0.160. The molecule has 1 unspecified atom stereocenters. The van der Waals surface area contributed by atoms with Crippen LogP contribution in [0.4, 0.5) is 0 Å². The van der Waals surface area contributed by atoms with Crippen molar-refractivity contribution in [3.63, 3.8) is 0 Å². The van der Waals surface area contributed by atoms with Gasteiger partial charge in [0.15, 0.2) is 0 Å². The first-order chi connectivity index (χ1) is 6.71. The molecule has 0 bridgehead atoms. The molecule has 0 spiro atoms. The average Bonchev–Trinajstić information content (AvgIpc) is 1.97. The molecule has 0 aliphatic heterocycles. The Morgan fingerprint density at radius 1 is 0.750 bits per heavy atom. The van der Waals surface area contributed by atoms with Crippen LogP contribution in [0.3, 0.4) is 0 Å². The Morgan fingerprint density at radius 3 is 1.38 bits per heavy atom. The Balaban J connectivity index is 4.59. The lowest BCUT2D eigenvalue weighted by molar-refractivity contribution is -0.211. The molecular weight excluding hydrogens is 208 g/mol. The third-order valence-corrected chi connectivity index (χ3v) is 3.51. The summed E-state index contributed by atoms with van der Waals surface area (Å²) < 4.78 is 5.53. The van der Waals surface area contributed by atoms with Crippen LogP contribution < -0.4 is 0 Å². The highest BCUT2D eigenvalue weighted by atomic mass is 16.5. The summed E-state index contributed by atoms with van der Waals surface area (Å²) in [5.41, 5.74) is -4.46. The summed E-state index contributed by atoms with van der Waals surface area (Å²) >= 11 is 0. The zero-order valence-electron chi connectivity index (χ0n) is 11.5. The molecule has 1 atom stereocenters. The van der Waals surface area contributed by atoms with E-state index in [1.807, 2.05) is 0 Å². The van der Waals surface area contributed by atoms with E-state index in [9.17, 15) is 15.3 Å². The molecule has 0 saturated heterocycles. The maximum atomic E-state index is 10.0. The fourth-order valence-corrected chi connectivity index (χ4v) is 0.674. The van der Waals surface area contributed by atoms with Gasteiger partial charge in [-0.25, -0.2) is 0 Å². The van der Waals surface area contributed by atoms with E-state index < -0.39 is 22.4 Å². The van der Waals surface area contributed by atoms with Crippen LogP contribution in [-0.4, -0.2) is 44.3 Å². The van der Waals surface area contributed by atoms with Crippen molar-refractivity contribution in [3.8, 4) is 0 Å². The second-order valence-corrected chi connectivity index (χ2v) is 6.19. The fraction of sp³-hybridized carbons (Fsp3) is 1.00. The van der Waals surface area contributed by atoms with Gasteiger partial charge in [0.2, 0.25) is 0 Å². The van der Waals surface area contributed by atoms with Gasteiger partial charge < -0.3 is 20.1 Å². The molecule has 0 rings (SSSR count). The maximum absolute atomic E-state index is 10.0. The number of aliphatic hydroxyl groups is 3. The minimum Gasteiger partial charge on any atom is -0.387 e. The SMILES string of the molecule is CC(C)(O)C(C)(O)COC(C)(C)C(C)(C)O. The molecule has 0 aliphatic carbocycles. The van der Waals surface area contributed by atoms with Crippen LogP contribution in [-0.2, 0) is 4.74 Å². The zero-order valence-corrected chi connectivity index (χ0v) is 11.5. The summed E-state index contributed by atoms with van der Waals surface area (Å²) in [7, 11) is 0. The van der Waals surface area contributed by atoms with Crippen molar-refractivity contribution in [1.29, 1.82) is 0 Å². The monoisotopic (exact) mass is 234 g/mol. The standard InChI is InChI=1S/C12H26O4/c1-9(2,13)11(5,6)16-8-12(7,15)10(3,4)14/h13-15H,8H2,1-7H3. The second-order valence-electron chi connectivity index (χ2n) is 6.19. The normalized spacial score (nSPS) is 18.4. The third kappa shape index (κ3) is 3.70. The Bertz CT molecular complexity index is 204. The Morgan fingerprint density at radius 2 is 1.12 bits per heavy atom. The lowest BCUT2D eigenvalue weighted by Gasteiger charge is -2.42. The molecule has 0 aliphatic rings. The van der Waals surface area contributed by atoms with Gasteiger partial charge in [-0.2, -0.15) is 0 Å². The molecule has 0 fully saturated rings. The summed E-state index contributed by atoms with van der Waals surface area (Å²) in [6.07, 6.45) is 0. The highest BCUT2D eigenvalue weighted by Gasteiger charge is 2.42. The molecule has 16 heavy (non-hydrogen) atoms. The molecule has 0 amide bonds. The van der Waals surface area contributed by atoms with Gasteiger partial charge in [0.1, 0.15) is 5.60 Å². The molecule has 0 aromatic rings. The lowest BCUT2D eigenvalue weighted by atomic mass is 9.86. The summed E-state index contributed by atoms with van der Waals surface area (Å²) in [5, 5.41) is 29.7. The molecule has 98 valence electrons. The van der Waals surface area contributed by atoms with Crippen LogP contribution in [0, 0.1) is 0 Å². The Kier molecular flexibility index (Phi) is 4.21. The summed E-state index contributed by atoms with van der Waals surface area (Å²) in [5.74, 6) is 0. The molecule has 0 aromatic heterocycles. The number of hydrogen-bond acceptors (Lipinski definition) is 4. The van der Waals surface area contributed by atoms with Gasteiger partial charge in [-0.3, -0.25) is 0 Å². The summed E-state index contributed by atoms with van der Waals surface area (Å²) in [6.45, 7) is 11.3. The van der Waals surface area contributed by atoms with Crippen molar-refractivity contribution in [2.75, 3.05) is 6.61 Å². The second kappa shape index (κ2) is 4.26. The van der Waals surface area contributed by atoms with Gasteiger partial charge in [0.25, 0.3) is 0 Å². The smallest absolute Gasteiger partial charge is 0.113 e. The molecule has 0 radical (unpaired) electrons. The van der Waals surface area contributed by atoms with Crippen LogP contribution in [0.15, 0.2) is 0 Å². The van der Waals surface area contributed by atoms with Crippen LogP contribution >= 0.6 is 0 Å². The van der Waals surface area contributed by atoms with Crippen LogP contribution in [0.2, 0.25) is 0 Å². The average molecular weight is 234 g/mol. The molecule has 0 heterocycles. The number of rotatable bonds is 5. The fourth-order valence-electron chi connectivity index (χ4n) is 0.674. The number of hydrogen-bond donors (Lipinski definition) is 3. The van der Waals surface area contributed by atoms with E-state index in [2.05, 4.69) is 0 Å². The number of ether oxygens (including phenoxy) is 1. The van der Waals surface area contributed by atoms with Gasteiger partial charge in [0, 0.05) is 0 Å². The predicted octanol–water partition coefficient (Wildman–Crippen LogP) is 1.07. The van der Waals surface area contributed by atoms with E-state index in [1.165, 1.54) is 20.8 Å². The first-order valence-electron chi connectivity index (χ1n) is 5.52. The van der Waals surface area contributed by atoms with Crippen molar-refractivity contribution in [2.24, 2.45) is 0 Å². The summed E-state index contributed by atoms with van der Waals surface area (Å²) in [6, 6.07) is 0. The van der Waals surface area contributed by atoms with E-state index in [1.54, 1.807) is 27.7 Å². The van der Waals surface area contributed by atoms with E-state index in [0.29, 0.717) is 0 Å². The van der Waals surface area contributed by atoms with Gasteiger partial charge >= 0.3 is 0 Å². The minimum absolute atomic E-state index is 0.0481. The maximum Gasteiger partial charge on any atom is 0.113 e. The molecule has 3 N–H and O–H groups in total. The van der Waals surface area contributed by atoms with Gasteiger partial charge in [-0.05, 0) is 48.5 Å². The van der Waals surface area contributed by atoms with Crippen molar-refractivity contribution in [3.05, 3.63) is 0 Å². The van der Waals surface area contributed by atoms with Crippen LogP contribution in [0.25, 0.3) is 0 Å². The van der Waals surface area contributed by atoms with Crippen molar-refractivity contribution in [2.45, 2.75) is 70.9 Å². The topological polar surface area (TPSA) is 69.9 Å². The predicted molar refractivity (Wildman–Crippen MR) is 63.3 cm³/mol. The quantitative estimate of drug-likeness (QED) is 0.665. The van der Waals surface area contributed by atoms with Gasteiger partial charge in [-0.15, -0.1) is 0 Å². The molecular formula is C12H26O4. The first-order valence-corrected chi connectivity index (χ1v) is 5.52. The van der Waals surface area contributed by atoms with Gasteiger partial charge in [0.05, 0.1) is 23.4 Å². The van der Waals surface area contributed by atoms with Gasteiger partial charge in [-0.1, -0.05) is 0 Å². The highest BCUT2D eigenvalue weighted by molar-refractivity contribution is 4.93.